The second-order valence-electron chi connectivity index (χ2n) is 8.28. The first-order valence-electron chi connectivity index (χ1n) is 10.6. The fraction of sp³-hybridized carbons (Fsp3) is 0.417. The van der Waals surface area contributed by atoms with Gasteiger partial charge in [0.1, 0.15) is 0 Å². The van der Waals surface area contributed by atoms with E-state index in [0.717, 1.165) is 38.5 Å². The summed E-state index contributed by atoms with van der Waals surface area (Å²) in [7, 11) is 1.91. The van der Waals surface area contributed by atoms with E-state index in [-0.39, 0.29) is 18.0 Å². The first-order valence-corrected chi connectivity index (χ1v) is 10.6. The second-order valence-corrected chi connectivity index (χ2v) is 8.28. The lowest BCUT2D eigenvalue weighted by molar-refractivity contribution is 0.0689. The van der Waals surface area contributed by atoms with Crippen LogP contribution in [0.5, 0.6) is 0 Å². The number of benzene rings is 2. The molecule has 0 heterocycles. The maximum absolute atomic E-state index is 12.9. The molecule has 0 aromatic heterocycles. The van der Waals surface area contributed by atoms with Crippen molar-refractivity contribution in [2.75, 3.05) is 12.4 Å². The molecule has 5 heteroatoms. The Balaban J connectivity index is 1.30. The molecule has 2 aliphatic carbocycles. The Kier molecular flexibility index (Phi) is 5.84. The summed E-state index contributed by atoms with van der Waals surface area (Å²) in [6.45, 7) is 0. The highest BCUT2D eigenvalue weighted by molar-refractivity contribution is 5.95. The van der Waals surface area contributed by atoms with Crippen LogP contribution >= 0.6 is 0 Å². The summed E-state index contributed by atoms with van der Waals surface area (Å²) in [5, 5.41) is 5.71. The molecule has 0 aliphatic heterocycles. The number of amides is 3. The Labute approximate surface area is 172 Å². The molecular weight excluding hydrogens is 362 g/mol. The summed E-state index contributed by atoms with van der Waals surface area (Å²) < 4.78 is 0. The van der Waals surface area contributed by atoms with Crippen LogP contribution in [0, 0.1) is 0 Å². The van der Waals surface area contributed by atoms with Gasteiger partial charge in [0.15, 0.2) is 0 Å². The molecule has 29 heavy (non-hydrogen) atoms. The number of hydrogen-bond acceptors (Lipinski definition) is 2. The molecule has 0 spiro atoms. The average molecular weight is 392 g/mol. The number of carbonyl (C=O) groups excluding carboxylic acids is 2. The van der Waals surface area contributed by atoms with E-state index in [4.69, 9.17) is 0 Å². The van der Waals surface area contributed by atoms with E-state index in [9.17, 15) is 9.59 Å². The van der Waals surface area contributed by atoms with Crippen LogP contribution in [0.4, 0.5) is 10.5 Å². The molecule has 5 nitrogen and oxygen atoms in total. The van der Waals surface area contributed by atoms with Gasteiger partial charge in [0.2, 0.25) is 0 Å². The minimum atomic E-state index is -0.182. The van der Waals surface area contributed by atoms with Crippen LogP contribution in [0.1, 0.15) is 60.4 Å². The lowest BCUT2D eigenvalue weighted by Crippen LogP contribution is -2.39. The lowest BCUT2D eigenvalue weighted by atomic mass is 9.81. The first kappa shape index (κ1) is 19.5. The van der Waals surface area contributed by atoms with Crippen molar-refractivity contribution in [3.63, 3.8) is 0 Å². The number of carbonyl (C=O) groups is 2. The number of rotatable bonds is 5. The highest BCUT2D eigenvalue weighted by Crippen LogP contribution is 2.34. The predicted octanol–water partition coefficient (Wildman–Crippen LogP) is 4.77. The maximum atomic E-state index is 12.9. The van der Waals surface area contributed by atoms with Crippen molar-refractivity contribution in [3.8, 4) is 0 Å². The summed E-state index contributed by atoms with van der Waals surface area (Å²) in [5.74, 6) is 0.644. The minimum Gasteiger partial charge on any atom is -0.339 e. The van der Waals surface area contributed by atoms with E-state index < -0.39 is 0 Å². The molecular formula is C24H29N3O2. The van der Waals surface area contributed by atoms with Crippen LogP contribution in [0.15, 0.2) is 54.6 Å². The lowest BCUT2D eigenvalue weighted by Gasteiger charge is -2.35. The van der Waals surface area contributed by atoms with Crippen LogP contribution in [0.25, 0.3) is 0 Å². The highest BCUT2D eigenvalue weighted by Gasteiger charge is 2.28. The van der Waals surface area contributed by atoms with E-state index in [2.05, 4.69) is 41.0 Å². The summed E-state index contributed by atoms with van der Waals surface area (Å²) >= 11 is 0. The molecule has 2 fully saturated rings. The predicted molar refractivity (Wildman–Crippen MR) is 115 cm³/mol. The van der Waals surface area contributed by atoms with Crippen molar-refractivity contribution in [2.24, 2.45) is 0 Å². The Morgan fingerprint density at radius 2 is 1.52 bits per heavy atom. The number of urea groups is 1. The van der Waals surface area contributed by atoms with E-state index in [1.165, 1.54) is 5.56 Å². The molecule has 2 aliphatic rings. The largest absolute Gasteiger partial charge is 0.339 e. The third kappa shape index (κ3) is 4.97. The van der Waals surface area contributed by atoms with Crippen LogP contribution in [-0.2, 0) is 0 Å². The number of hydrogen-bond donors (Lipinski definition) is 2. The summed E-state index contributed by atoms with van der Waals surface area (Å²) in [6, 6.07) is 18.3. The van der Waals surface area contributed by atoms with Crippen molar-refractivity contribution < 1.29 is 9.59 Å². The van der Waals surface area contributed by atoms with Gasteiger partial charge < -0.3 is 15.5 Å². The van der Waals surface area contributed by atoms with Gasteiger partial charge in [0.05, 0.1) is 0 Å². The number of anilines is 1. The summed E-state index contributed by atoms with van der Waals surface area (Å²) in [4.78, 5) is 26.6. The van der Waals surface area contributed by atoms with Gasteiger partial charge >= 0.3 is 6.03 Å². The smallest absolute Gasteiger partial charge is 0.319 e. The van der Waals surface area contributed by atoms with Gasteiger partial charge in [-0.15, -0.1) is 0 Å². The van der Waals surface area contributed by atoms with Crippen molar-refractivity contribution in [2.45, 2.75) is 56.5 Å². The third-order valence-corrected chi connectivity index (χ3v) is 6.14. The Hall–Kier alpha value is -2.82. The van der Waals surface area contributed by atoms with Gasteiger partial charge in [-0.3, -0.25) is 4.79 Å². The van der Waals surface area contributed by atoms with Gasteiger partial charge in [-0.2, -0.15) is 0 Å². The average Bonchev–Trinajstić information content (AvgIpc) is 3.58. The Bertz CT molecular complexity index is 838. The molecule has 0 saturated heterocycles. The molecule has 2 saturated carbocycles. The van der Waals surface area contributed by atoms with Crippen molar-refractivity contribution in [1.82, 2.24) is 10.2 Å². The van der Waals surface area contributed by atoms with E-state index in [0.29, 0.717) is 23.2 Å². The molecule has 2 N–H and O–H groups in total. The summed E-state index contributed by atoms with van der Waals surface area (Å²) in [6.07, 6.45) is 6.41. The van der Waals surface area contributed by atoms with Crippen LogP contribution in [0.3, 0.4) is 0 Å². The zero-order valence-corrected chi connectivity index (χ0v) is 16.9. The maximum Gasteiger partial charge on any atom is 0.319 e. The molecule has 152 valence electrons. The monoisotopic (exact) mass is 391 g/mol. The van der Waals surface area contributed by atoms with Crippen molar-refractivity contribution >= 4 is 17.6 Å². The minimum absolute atomic E-state index is 0.0437. The Morgan fingerprint density at radius 3 is 2.14 bits per heavy atom. The van der Waals surface area contributed by atoms with Crippen molar-refractivity contribution in [1.29, 1.82) is 0 Å². The number of nitrogens with zero attached hydrogens (tertiary/aromatic N) is 1. The molecule has 2 aromatic rings. The van der Waals surface area contributed by atoms with Gasteiger partial charge in [-0.25, -0.2) is 4.79 Å². The van der Waals surface area contributed by atoms with Crippen LogP contribution < -0.4 is 10.6 Å². The van der Waals surface area contributed by atoms with E-state index in [1.54, 1.807) is 24.3 Å². The van der Waals surface area contributed by atoms with Gasteiger partial charge in [0, 0.05) is 30.4 Å². The van der Waals surface area contributed by atoms with E-state index >= 15 is 0 Å². The highest BCUT2D eigenvalue weighted by atomic mass is 16.2. The standard InChI is InChI=1S/C24H29N3O2/c1-27(22-15-9-18(10-16-22)17-5-3-2-4-6-17)23(28)19-7-11-20(12-8-19)25-24(29)26-21-13-14-21/h2-8,11-12,18,21-22H,9-10,13-16H2,1H3,(H2,25,26,29). The molecule has 0 unspecified atom stereocenters. The fourth-order valence-corrected chi connectivity index (χ4v) is 4.17. The summed E-state index contributed by atoms with van der Waals surface area (Å²) in [5.41, 5.74) is 2.77. The first-order chi connectivity index (χ1) is 14.1. The van der Waals surface area contributed by atoms with Gasteiger partial charge in [0.25, 0.3) is 5.91 Å². The SMILES string of the molecule is CN(C(=O)c1ccc(NC(=O)NC2CC2)cc1)C1CCC(c2ccccc2)CC1. The van der Waals surface area contributed by atoms with Crippen molar-refractivity contribution in [3.05, 3.63) is 65.7 Å². The Morgan fingerprint density at radius 1 is 0.862 bits per heavy atom. The normalized spacial score (nSPS) is 21.3. The third-order valence-electron chi connectivity index (χ3n) is 6.14. The topological polar surface area (TPSA) is 61.4 Å². The van der Waals surface area contributed by atoms with Crippen LogP contribution in [0.2, 0.25) is 0 Å². The van der Waals surface area contributed by atoms with E-state index in [1.807, 2.05) is 11.9 Å². The molecule has 0 bridgehead atoms. The van der Waals surface area contributed by atoms with Gasteiger partial charge in [-0.1, -0.05) is 30.3 Å². The molecule has 0 radical (unpaired) electrons. The second kappa shape index (κ2) is 8.68. The zero-order valence-electron chi connectivity index (χ0n) is 16.9. The number of nitrogens with one attached hydrogen (secondary N) is 2. The van der Waals surface area contributed by atoms with Gasteiger partial charge in [-0.05, 0) is 74.3 Å². The molecule has 4 rings (SSSR count). The zero-order chi connectivity index (χ0) is 20.2. The molecule has 0 atom stereocenters. The van der Waals surface area contributed by atoms with Crippen LogP contribution in [-0.4, -0.2) is 36.0 Å². The quantitative estimate of drug-likeness (QED) is 0.771. The molecule has 2 aromatic carbocycles. The fourth-order valence-electron chi connectivity index (χ4n) is 4.17. The molecule has 3 amide bonds.